The third-order valence-corrected chi connectivity index (χ3v) is 2.54. The standard InChI is InChI=1S/C10H8ClN3O/c11-7-3-10(15)14(6-7)9-2-1-8(4-12)13-5-9/h1-2,5,7H,3,6H2. The van der Waals surface area contributed by atoms with Crippen molar-refractivity contribution in [2.24, 2.45) is 0 Å². The maximum Gasteiger partial charge on any atom is 0.228 e. The van der Waals surface area contributed by atoms with Gasteiger partial charge in [0.25, 0.3) is 0 Å². The number of amides is 1. The van der Waals surface area contributed by atoms with Crippen LogP contribution in [0.2, 0.25) is 0 Å². The molecule has 4 nitrogen and oxygen atoms in total. The number of nitriles is 1. The van der Waals surface area contributed by atoms with Gasteiger partial charge in [0.1, 0.15) is 11.8 Å². The van der Waals surface area contributed by atoms with Gasteiger partial charge in [0.05, 0.1) is 17.3 Å². The normalized spacial score (nSPS) is 20.4. The summed E-state index contributed by atoms with van der Waals surface area (Å²) in [7, 11) is 0. The Morgan fingerprint density at radius 1 is 1.60 bits per heavy atom. The van der Waals surface area contributed by atoms with Crippen molar-refractivity contribution in [2.75, 3.05) is 11.4 Å². The van der Waals surface area contributed by atoms with Crippen LogP contribution >= 0.6 is 11.6 Å². The molecule has 1 fully saturated rings. The molecule has 2 rings (SSSR count). The van der Waals surface area contributed by atoms with E-state index in [4.69, 9.17) is 16.9 Å². The van der Waals surface area contributed by atoms with Gasteiger partial charge in [0, 0.05) is 13.0 Å². The molecule has 0 aliphatic carbocycles. The molecular weight excluding hydrogens is 214 g/mol. The minimum atomic E-state index is -0.131. The second-order valence-electron chi connectivity index (χ2n) is 3.32. The number of nitrogens with zero attached hydrogens (tertiary/aromatic N) is 3. The number of halogens is 1. The quantitative estimate of drug-likeness (QED) is 0.672. The lowest BCUT2D eigenvalue weighted by atomic mass is 10.3. The summed E-state index contributed by atoms with van der Waals surface area (Å²) in [6, 6.07) is 5.22. The van der Waals surface area contributed by atoms with Crippen LogP contribution in [0, 0.1) is 11.3 Å². The average Bonchev–Trinajstić information content (AvgIpc) is 2.58. The molecule has 0 spiro atoms. The van der Waals surface area contributed by atoms with E-state index in [0.717, 1.165) is 0 Å². The molecule has 1 aliphatic rings. The van der Waals surface area contributed by atoms with E-state index in [0.29, 0.717) is 24.3 Å². The topological polar surface area (TPSA) is 57.0 Å². The molecule has 1 saturated heterocycles. The van der Waals surface area contributed by atoms with Crippen LogP contribution in [-0.4, -0.2) is 22.8 Å². The largest absolute Gasteiger partial charge is 0.309 e. The first-order chi connectivity index (χ1) is 7.20. The number of hydrogen-bond acceptors (Lipinski definition) is 3. The molecule has 2 heterocycles. The second kappa shape index (κ2) is 3.87. The lowest BCUT2D eigenvalue weighted by Gasteiger charge is -2.14. The Morgan fingerprint density at radius 3 is 2.87 bits per heavy atom. The molecule has 1 unspecified atom stereocenters. The van der Waals surface area contributed by atoms with E-state index in [2.05, 4.69) is 4.98 Å². The van der Waals surface area contributed by atoms with Crippen molar-refractivity contribution < 1.29 is 4.79 Å². The van der Waals surface area contributed by atoms with Gasteiger partial charge < -0.3 is 4.90 Å². The zero-order chi connectivity index (χ0) is 10.8. The summed E-state index contributed by atoms with van der Waals surface area (Å²) >= 11 is 5.87. The lowest BCUT2D eigenvalue weighted by molar-refractivity contribution is -0.117. The highest BCUT2D eigenvalue weighted by Crippen LogP contribution is 2.23. The van der Waals surface area contributed by atoms with Gasteiger partial charge >= 0.3 is 0 Å². The molecule has 5 heteroatoms. The third kappa shape index (κ3) is 1.92. The number of carbonyl (C=O) groups is 1. The van der Waals surface area contributed by atoms with Crippen LogP contribution in [-0.2, 0) is 4.79 Å². The molecule has 0 N–H and O–H groups in total. The van der Waals surface area contributed by atoms with Crippen LogP contribution < -0.4 is 4.90 Å². The molecule has 1 aliphatic heterocycles. The number of pyridine rings is 1. The maximum absolute atomic E-state index is 11.5. The number of anilines is 1. The first-order valence-corrected chi connectivity index (χ1v) is 4.95. The molecule has 0 bridgehead atoms. The average molecular weight is 222 g/mol. The summed E-state index contributed by atoms with van der Waals surface area (Å²) in [5.41, 5.74) is 1.04. The Kier molecular flexibility index (Phi) is 2.57. The van der Waals surface area contributed by atoms with Crippen LogP contribution in [0.3, 0.4) is 0 Å². The number of rotatable bonds is 1. The van der Waals surface area contributed by atoms with Gasteiger partial charge in [-0.15, -0.1) is 11.6 Å². The van der Waals surface area contributed by atoms with E-state index in [-0.39, 0.29) is 11.3 Å². The summed E-state index contributed by atoms with van der Waals surface area (Å²) in [6.07, 6.45) is 1.88. The molecule has 0 aromatic carbocycles. The van der Waals surface area contributed by atoms with Crippen LogP contribution in [0.1, 0.15) is 12.1 Å². The molecule has 1 amide bonds. The predicted molar refractivity (Wildman–Crippen MR) is 55.6 cm³/mol. The van der Waals surface area contributed by atoms with E-state index >= 15 is 0 Å². The minimum absolute atomic E-state index is 0.00140. The van der Waals surface area contributed by atoms with Crippen LogP contribution in [0.25, 0.3) is 0 Å². The van der Waals surface area contributed by atoms with Crippen molar-refractivity contribution in [2.45, 2.75) is 11.8 Å². The van der Waals surface area contributed by atoms with Gasteiger partial charge in [0.15, 0.2) is 0 Å². The maximum atomic E-state index is 11.5. The van der Waals surface area contributed by atoms with E-state index in [9.17, 15) is 4.79 Å². The summed E-state index contributed by atoms with van der Waals surface area (Å²) < 4.78 is 0. The highest BCUT2D eigenvalue weighted by atomic mass is 35.5. The molecule has 1 atom stereocenters. The SMILES string of the molecule is N#Cc1ccc(N2CC(Cl)CC2=O)cn1. The zero-order valence-electron chi connectivity index (χ0n) is 7.85. The predicted octanol–water partition coefficient (Wildman–Crippen LogP) is 1.30. The number of carbonyl (C=O) groups excluding carboxylic acids is 1. The van der Waals surface area contributed by atoms with Gasteiger partial charge in [-0.05, 0) is 12.1 Å². The first-order valence-electron chi connectivity index (χ1n) is 4.51. The fourth-order valence-electron chi connectivity index (χ4n) is 1.53. The Hall–Kier alpha value is -1.60. The monoisotopic (exact) mass is 221 g/mol. The van der Waals surface area contributed by atoms with Crippen molar-refractivity contribution in [1.29, 1.82) is 5.26 Å². The fourth-order valence-corrected chi connectivity index (χ4v) is 1.80. The Labute approximate surface area is 92.1 Å². The van der Waals surface area contributed by atoms with Crippen LogP contribution in [0.15, 0.2) is 18.3 Å². The second-order valence-corrected chi connectivity index (χ2v) is 3.94. The third-order valence-electron chi connectivity index (χ3n) is 2.25. The zero-order valence-corrected chi connectivity index (χ0v) is 8.61. The van der Waals surface area contributed by atoms with Crippen molar-refractivity contribution in [3.63, 3.8) is 0 Å². The summed E-state index contributed by atoms with van der Waals surface area (Å²) in [6.45, 7) is 0.508. The molecule has 76 valence electrons. The number of hydrogen-bond donors (Lipinski definition) is 0. The molecule has 15 heavy (non-hydrogen) atoms. The van der Waals surface area contributed by atoms with E-state index in [1.807, 2.05) is 6.07 Å². The molecule has 0 radical (unpaired) electrons. The van der Waals surface area contributed by atoms with Crippen molar-refractivity contribution in [3.8, 4) is 6.07 Å². The number of alkyl halides is 1. The van der Waals surface area contributed by atoms with Gasteiger partial charge in [-0.25, -0.2) is 4.98 Å². The highest BCUT2D eigenvalue weighted by molar-refractivity contribution is 6.24. The fraction of sp³-hybridized carbons (Fsp3) is 0.300. The Balaban J connectivity index is 2.23. The smallest absolute Gasteiger partial charge is 0.228 e. The van der Waals surface area contributed by atoms with Crippen LogP contribution in [0.4, 0.5) is 5.69 Å². The van der Waals surface area contributed by atoms with E-state index in [1.54, 1.807) is 17.0 Å². The Bertz CT molecular complexity index is 423. The molecule has 1 aromatic heterocycles. The van der Waals surface area contributed by atoms with Crippen molar-refractivity contribution >= 4 is 23.2 Å². The van der Waals surface area contributed by atoms with Gasteiger partial charge in [-0.2, -0.15) is 5.26 Å². The number of aromatic nitrogens is 1. The van der Waals surface area contributed by atoms with Gasteiger partial charge in [0.2, 0.25) is 5.91 Å². The summed E-state index contributed by atoms with van der Waals surface area (Å²) in [4.78, 5) is 17.0. The van der Waals surface area contributed by atoms with E-state index in [1.165, 1.54) is 6.20 Å². The molecular formula is C10H8ClN3O. The Morgan fingerprint density at radius 2 is 2.40 bits per heavy atom. The minimum Gasteiger partial charge on any atom is -0.309 e. The van der Waals surface area contributed by atoms with Crippen molar-refractivity contribution in [1.82, 2.24) is 4.98 Å². The summed E-state index contributed by atoms with van der Waals surface area (Å²) in [5.74, 6) is 0.00140. The van der Waals surface area contributed by atoms with Gasteiger partial charge in [-0.3, -0.25) is 4.79 Å². The van der Waals surface area contributed by atoms with Gasteiger partial charge in [-0.1, -0.05) is 0 Å². The lowest BCUT2D eigenvalue weighted by Crippen LogP contribution is -2.24. The molecule has 1 aromatic rings. The van der Waals surface area contributed by atoms with Crippen molar-refractivity contribution in [3.05, 3.63) is 24.0 Å². The first kappa shape index (κ1) is 9.94. The highest BCUT2D eigenvalue weighted by Gasteiger charge is 2.29. The van der Waals surface area contributed by atoms with E-state index < -0.39 is 0 Å². The molecule has 0 saturated carbocycles. The van der Waals surface area contributed by atoms with Crippen LogP contribution in [0.5, 0.6) is 0 Å². The summed E-state index contributed by atoms with van der Waals surface area (Å²) in [5, 5.41) is 8.44.